The van der Waals surface area contributed by atoms with Gasteiger partial charge in [0, 0.05) is 4.90 Å². The molecule has 0 saturated carbocycles. The summed E-state index contributed by atoms with van der Waals surface area (Å²) in [6.45, 7) is 1.99. The summed E-state index contributed by atoms with van der Waals surface area (Å²) in [5.41, 5.74) is 0.926. The van der Waals surface area contributed by atoms with E-state index in [1.807, 2.05) is 31.2 Å². The Hall–Kier alpha value is -0.910. The molecule has 0 fully saturated rings. The third kappa shape index (κ3) is 2.56. The second-order valence-electron chi connectivity index (χ2n) is 2.95. The number of aliphatic hydroxyl groups is 1. The van der Waals surface area contributed by atoms with Crippen molar-refractivity contribution in [2.75, 3.05) is 0 Å². The molecule has 0 aliphatic heterocycles. The van der Waals surface area contributed by atoms with E-state index in [-0.39, 0.29) is 6.61 Å². The van der Waals surface area contributed by atoms with Crippen molar-refractivity contribution in [3.8, 4) is 0 Å². The van der Waals surface area contributed by atoms with Crippen molar-refractivity contribution < 1.29 is 5.11 Å². The van der Waals surface area contributed by atoms with Gasteiger partial charge >= 0.3 is 0 Å². The van der Waals surface area contributed by atoms with E-state index in [4.69, 9.17) is 5.11 Å². The summed E-state index contributed by atoms with van der Waals surface area (Å²) in [7, 11) is 0. The number of hydrogen-bond donors (Lipinski definition) is 1. The van der Waals surface area contributed by atoms with Gasteiger partial charge in [0.25, 0.3) is 0 Å². The third-order valence-electron chi connectivity index (χ3n) is 1.85. The highest BCUT2D eigenvalue weighted by Crippen LogP contribution is 2.32. The van der Waals surface area contributed by atoms with E-state index in [9.17, 15) is 0 Å². The van der Waals surface area contributed by atoms with Crippen LogP contribution in [0.1, 0.15) is 10.6 Å². The predicted molar refractivity (Wildman–Crippen MR) is 61.1 cm³/mol. The van der Waals surface area contributed by atoms with Gasteiger partial charge in [-0.15, -0.1) is 10.2 Å². The lowest BCUT2D eigenvalue weighted by Gasteiger charge is -2.02. The first-order chi connectivity index (χ1) is 7.29. The standard InChI is InChI=1S/C10H10N2OS2/c1-7-11-12-10(14-7)15-9-5-3-2-4-8(9)6-13/h2-5,13H,6H2,1H3. The van der Waals surface area contributed by atoms with Gasteiger partial charge in [0.05, 0.1) is 6.61 Å². The van der Waals surface area contributed by atoms with Gasteiger partial charge in [-0.05, 0) is 18.6 Å². The van der Waals surface area contributed by atoms with Crippen molar-refractivity contribution in [2.24, 2.45) is 0 Å². The van der Waals surface area contributed by atoms with Gasteiger partial charge in [-0.25, -0.2) is 0 Å². The van der Waals surface area contributed by atoms with E-state index in [2.05, 4.69) is 10.2 Å². The maximum atomic E-state index is 9.16. The van der Waals surface area contributed by atoms with Gasteiger partial charge in [0.15, 0.2) is 4.34 Å². The lowest BCUT2D eigenvalue weighted by molar-refractivity contribution is 0.279. The monoisotopic (exact) mass is 238 g/mol. The van der Waals surface area contributed by atoms with Crippen LogP contribution in [-0.4, -0.2) is 15.3 Å². The number of benzene rings is 1. The summed E-state index contributed by atoms with van der Waals surface area (Å²) in [5.74, 6) is 0. The average molecular weight is 238 g/mol. The minimum Gasteiger partial charge on any atom is -0.392 e. The Morgan fingerprint density at radius 1 is 1.33 bits per heavy atom. The zero-order chi connectivity index (χ0) is 10.7. The van der Waals surface area contributed by atoms with Gasteiger partial charge in [0.2, 0.25) is 0 Å². The molecule has 1 N–H and O–H groups in total. The Balaban J connectivity index is 2.23. The number of aryl methyl sites for hydroxylation is 1. The SMILES string of the molecule is Cc1nnc(Sc2ccccc2CO)s1. The molecule has 1 heterocycles. The Kier molecular flexibility index (Phi) is 3.35. The molecule has 15 heavy (non-hydrogen) atoms. The average Bonchev–Trinajstić information content (AvgIpc) is 2.65. The molecule has 3 nitrogen and oxygen atoms in total. The first-order valence-electron chi connectivity index (χ1n) is 4.46. The van der Waals surface area contributed by atoms with Crippen molar-refractivity contribution in [2.45, 2.75) is 22.8 Å². The van der Waals surface area contributed by atoms with Crippen LogP contribution in [0.2, 0.25) is 0 Å². The molecule has 0 amide bonds. The molecule has 0 aliphatic carbocycles. The highest BCUT2D eigenvalue weighted by atomic mass is 32.2. The van der Waals surface area contributed by atoms with Gasteiger partial charge in [0.1, 0.15) is 5.01 Å². The molecule has 0 radical (unpaired) electrons. The number of aliphatic hydroxyl groups excluding tert-OH is 1. The molecule has 5 heteroatoms. The lowest BCUT2D eigenvalue weighted by Crippen LogP contribution is -1.86. The molecule has 0 unspecified atom stereocenters. The number of hydrogen-bond acceptors (Lipinski definition) is 5. The van der Waals surface area contributed by atoms with Gasteiger partial charge in [-0.3, -0.25) is 0 Å². The van der Waals surface area contributed by atoms with Crippen molar-refractivity contribution in [1.82, 2.24) is 10.2 Å². The molecule has 78 valence electrons. The Bertz CT molecular complexity index is 456. The van der Waals surface area contributed by atoms with E-state index < -0.39 is 0 Å². The first kappa shape index (κ1) is 10.6. The Morgan fingerprint density at radius 2 is 2.13 bits per heavy atom. The minimum atomic E-state index is 0.0565. The van der Waals surface area contributed by atoms with E-state index in [1.165, 1.54) is 0 Å². The van der Waals surface area contributed by atoms with Gasteiger partial charge in [-0.2, -0.15) is 0 Å². The topological polar surface area (TPSA) is 46.0 Å². The van der Waals surface area contributed by atoms with E-state index in [1.54, 1.807) is 23.1 Å². The molecule has 1 aromatic heterocycles. The minimum absolute atomic E-state index is 0.0565. The predicted octanol–water partition coefficient (Wildman–Crippen LogP) is 2.49. The van der Waals surface area contributed by atoms with Crippen molar-refractivity contribution in [1.29, 1.82) is 0 Å². The number of nitrogens with zero attached hydrogens (tertiary/aromatic N) is 2. The van der Waals surface area contributed by atoms with Crippen LogP contribution in [0.4, 0.5) is 0 Å². The molecule has 2 rings (SSSR count). The fraction of sp³-hybridized carbons (Fsp3) is 0.200. The fourth-order valence-corrected chi connectivity index (χ4v) is 3.04. The van der Waals surface area contributed by atoms with E-state index in [0.717, 1.165) is 19.8 Å². The fourth-order valence-electron chi connectivity index (χ4n) is 1.15. The summed E-state index contributed by atoms with van der Waals surface area (Å²) in [4.78, 5) is 1.04. The van der Waals surface area contributed by atoms with Gasteiger partial charge in [-0.1, -0.05) is 41.3 Å². The Labute approximate surface area is 96.2 Å². The normalized spacial score (nSPS) is 10.5. The molecular formula is C10H10N2OS2. The summed E-state index contributed by atoms with van der Waals surface area (Å²) >= 11 is 3.11. The summed E-state index contributed by atoms with van der Waals surface area (Å²) in [6.07, 6.45) is 0. The van der Waals surface area contributed by atoms with Crippen LogP contribution >= 0.6 is 23.1 Å². The van der Waals surface area contributed by atoms with Crippen LogP contribution in [0.25, 0.3) is 0 Å². The van der Waals surface area contributed by atoms with Crippen molar-refractivity contribution >= 4 is 23.1 Å². The largest absolute Gasteiger partial charge is 0.392 e. The zero-order valence-electron chi connectivity index (χ0n) is 8.17. The zero-order valence-corrected chi connectivity index (χ0v) is 9.81. The lowest BCUT2D eigenvalue weighted by atomic mass is 10.2. The van der Waals surface area contributed by atoms with Crippen molar-refractivity contribution in [3.63, 3.8) is 0 Å². The maximum Gasteiger partial charge on any atom is 0.179 e. The molecule has 0 atom stereocenters. The molecule has 1 aromatic carbocycles. The highest BCUT2D eigenvalue weighted by Gasteiger charge is 2.06. The van der Waals surface area contributed by atoms with Gasteiger partial charge < -0.3 is 5.11 Å². The first-order valence-corrected chi connectivity index (χ1v) is 6.09. The van der Waals surface area contributed by atoms with Crippen LogP contribution < -0.4 is 0 Å². The molecule has 2 aromatic rings. The Morgan fingerprint density at radius 3 is 2.80 bits per heavy atom. The number of rotatable bonds is 3. The van der Waals surface area contributed by atoms with E-state index >= 15 is 0 Å². The highest BCUT2D eigenvalue weighted by molar-refractivity contribution is 8.01. The van der Waals surface area contributed by atoms with Crippen LogP contribution in [0.3, 0.4) is 0 Å². The smallest absolute Gasteiger partial charge is 0.179 e. The van der Waals surface area contributed by atoms with Crippen LogP contribution in [0, 0.1) is 6.92 Å². The summed E-state index contributed by atoms with van der Waals surface area (Å²) in [5, 5.41) is 18.1. The maximum absolute atomic E-state index is 9.16. The molecule has 0 aliphatic rings. The van der Waals surface area contributed by atoms with Crippen LogP contribution in [-0.2, 0) is 6.61 Å². The van der Waals surface area contributed by atoms with Crippen molar-refractivity contribution in [3.05, 3.63) is 34.8 Å². The second kappa shape index (κ2) is 4.74. The summed E-state index contributed by atoms with van der Waals surface area (Å²) in [6, 6.07) is 7.76. The summed E-state index contributed by atoms with van der Waals surface area (Å²) < 4.78 is 0.911. The molecule has 0 bridgehead atoms. The molecular weight excluding hydrogens is 228 g/mol. The van der Waals surface area contributed by atoms with Crippen LogP contribution in [0.5, 0.6) is 0 Å². The third-order valence-corrected chi connectivity index (χ3v) is 3.86. The second-order valence-corrected chi connectivity index (χ2v) is 5.43. The molecule has 0 saturated heterocycles. The van der Waals surface area contributed by atoms with E-state index in [0.29, 0.717) is 0 Å². The number of aromatic nitrogens is 2. The van der Waals surface area contributed by atoms with Crippen LogP contribution in [0.15, 0.2) is 33.5 Å². The molecule has 0 spiro atoms. The quantitative estimate of drug-likeness (QED) is 0.892.